The molecule has 0 aliphatic carbocycles. The van der Waals surface area contributed by atoms with E-state index in [1.165, 1.54) is 0 Å². The van der Waals surface area contributed by atoms with E-state index in [-0.39, 0.29) is 11.8 Å². The molecule has 0 radical (unpaired) electrons. The van der Waals surface area contributed by atoms with Gasteiger partial charge in [0.15, 0.2) is 0 Å². The Kier molecular flexibility index (Phi) is 4.45. The standard InChI is InChI=1S/C21H18N6O2/c28-18(24-17-8-3-6-14-5-1-2-7-16(14)17)13-27-11-15(12-27)21-25-20(26-29-21)19-22-9-4-10-23-19/h1-10,15H,11-13H2,(H,24,28). The molecule has 144 valence electrons. The molecule has 3 heterocycles. The summed E-state index contributed by atoms with van der Waals surface area (Å²) < 4.78 is 5.35. The minimum absolute atomic E-state index is 0.0382. The van der Waals surface area contributed by atoms with E-state index in [0.29, 0.717) is 37.2 Å². The monoisotopic (exact) mass is 386 g/mol. The van der Waals surface area contributed by atoms with Crippen molar-refractivity contribution in [1.82, 2.24) is 25.0 Å². The van der Waals surface area contributed by atoms with E-state index in [2.05, 4.69) is 25.4 Å². The van der Waals surface area contributed by atoms with Crippen LogP contribution in [0.1, 0.15) is 11.8 Å². The molecule has 1 fully saturated rings. The van der Waals surface area contributed by atoms with E-state index in [4.69, 9.17) is 4.52 Å². The Labute approximate surface area is 166 Å². The summed E-state index contributed by atoms with van der Waals surface area (Å²) in [6.45, 7) is 1.71. The Morgan fingerprint density at radius 2 is 1.83 bits per heavy atom. The van der Waals surface area contributed by atoms with Crippen LogP contribution in [-0.2, 0) is 4.79 Å². The maximum absolute atomic E-state index is 12.5. The van der Waals surface area contributed by atoms with Crippen LogP contribution in [0.15, 0.2) is 65.4 Å². The Morgan fingerprint density at radius 1 is 1.03 bits per heavy atom. The van der Waals surface area contributed by atoms with Crippen molar-refractivity contribution in [3.63, 3.8) is 0 Å². The highest BCUT2D eigenvalue weighted by atomic mass is 16.5. The molecular formula is C21H18N6O2. The van der Waals surface area contributed by atoms with Crippen LogP contribution in [0.4, 0.5) is 5.69 Å². The molecule has 0 bridgehead atoms. The minimum Gasteiger partial charge on any atom is -0.338 e. The van der Waals surface area contributed by atoms with Gasteiger partial charge in [-0.1, -0.05) is 41.6 Å². The lowest BCUT2D eigenvalue weighted by molar-refractivity contribution is -0.118. The van der Waals surface area contributed by atoms with Crippen molar-refractivity contribution < 1.29 is 9.32 Å². The number of fused-ring (bicyclic) bond motifs is 1. The first-order valence-corrected chi connectivity index (χ1v) is 9.37. The summed E-state index contributed by atoms with van der Waals surface area (Å²) in [4.78, 5) is 27.2. The van der Waals surface area contributed by atoms with Gasteiger partial charge < -0.3 is 9.84 Å². The van der Waals surface area contributed by atoms with Crippen LogP contribution in [0, 0.1) is 0 Å². The summed E-state index contributed by atoms with van der Waals surface area (Å²) >= 11 is 0. The molecule has 0 unspecified atom stereocenters. The number of anilines is 1. The van der Waals surface area contributed by atoms with Crippen molar-refractivity contribution in [2.24, 2.45) is 0 Å². The fourth-order valence-corrected chi connectivity index (χ4v) is 3.49. The molecule has 1 amide bonds. The molecular weight excluding hydrogens is 368 g/mol. The number of nitrogens with zero attached hydrogens (tertiary/aromatic N) is 5. The highest BCUT2D eigenvalue weighted by Gasteiger charge is 2.33. The number of rotatable bonds is 5. The summed E-state index contributed by atoms with van der Waals surface area (Å²) in [5.41, 5.74) is 0.828. The highest BCUT2D eigenvalue weighted by molar-refractivity contribution is 6.02. The number of amides is 1. The zero-order valence-corrected chi connectivity index (χ0v) is 15.5. The first-order valence-electron chi connectivity index (χ1n) is 9.37. The molecule has 2 aromatic heterocycles. The summed E-state index contributed by atoms with van der Waals surface area (Å²) in [5.74, 6) is 1.45. The number of carbonyl (C=O) groups is 1. The van der Waals surface area contributed by atoms with Crippen molar-refractivity contribution >= 4 is 22.4 Å². The number of hydrogen-bond donors (Lipinski definition) is 1. The van der Waals surface area contributed by atoms with E-state index in [1.807, 2.05) is 47.4 Å². The minimum atomic E-state index is -0.0382. The number of likely N-dealkylation sites (tertiary alicyclic amines) is 1. The van der Waals surface area contributed by atoms with Crippen molar-refractivity contribution in [2.45, 2.75) is 5.92 Å². The second kappa shape index (κ2) is 7.40. The lowest BCUT2D eigenvalue weighted by Gasteiger charge is -2.36. The molecule has 1 N–H and O–H groups in total. The van der Waals surface area contributed by atoms with Gasteiger partial charge >= 0.3 is 0 Å². The second-order valence-electron chi connectivity index (χ2n) is 6.99. The zero-order valence-electron chi connectivity index (χ0n) is 15.5. The average Bonchev–Trinajstić information content (AvgIpc) is 3.21. The largest absolute Gasteiger partial charge is 0.338 e. The lowest BCUT2D eigenvalue weighted by Crippen LogP contribution is -2.48. The van der Waals surface area contributed by atoms with E-state index in [9.17, 15) is 4.79 Å². The summed E-state index contributed by atoms with van der Waals surface area (Å²) in [6.07, 6.45) is 3.27. The number of benzene rings is 2. The third-order valence-electron chi connectivity index (χ3n) is 4.94. The molecule has 5 rings (SSSR count). The predicted molar refractivity (Wildman–Crippen MR) is 107 cm³/mol. The highest BCUT2D eigenvalue weighted by Crippen LogP contribution is 2.27. The lowest BCUT2D eigenvalue weighted by atomic mass is 10.0. The van der Waals surface area contributed by atoms with Gasteiger partial charge in [0, 0.05) is 36.6 Å². The molecule has 4 aromatic rings. The fraction of sp³-hybridized carbons (Fsp3) is 0.190. The van der Waals surface area contributed by atoms with E-state index in [0.717, 1.165) is 16.5 Å². The summed E-state index contributed by atoms with van der Waals surface area (Å²) in [5, 5.41) is 9.10. The smallest absolute Gasteiger partial charge is 0.240 e. The fourth-order valence-electron chi connectivity index (χ4n) is 3.49. The third kappa shape index (κ3) is 3.57. The molecule has 0 atom stereocenters. The van der Waals surface area contributed by atoms with Crippen molar-refractivity contribution in [3.05, 3.63) is 66.8 Å². The van der Waals surface area contributed by atoms with Crippen LogP contribution in [0.5, 0.6) is 0 Å². The molecule has 1 saturated heterocycles. The molecule has 29 heavy (non-hydrogen) atoms. The quantitative estimate of drug-likeness (QED) is 0.563. The normalized spacial score (nSPS) is 14.6. The molecule has 0 spiro atoms. The van der Waals surface area contributed by atoms with E-state index < -0.39 is 0 Å². The Balaban J connectivity index is 1.18. The number of hydrogen-bond acceptors (Lipinski definition) is 7. The zero-order chi connectivity index (χ0) is 19.6. The van der Waals surface area contributed by atoms with Gasteiger partial charge in [-0.3, -0.25) is 9.69 Å². The summed E-state index contributed by atoms with van der Waals surface area (Å²) in [7, 11) is 0. The first-order chi connectivity index (χ1) is 14.3. The van der Waals surface area contributed by atoms with Crippen molar-refractivity contribution in [1.29, 1.82) is 0 Å². The van der Waals surface area contributed by atoms with Gasteiger partial charge in [0.2, 0.25) is 23.4 Å². The Bertz CT molecular complexity index is 1150. The van der Waals surface area contributed by atoms with Crippen LogP contribution in [0.25, 0.3) is 22.4 Å². The van der Waals surface area contributed by atoms with Gasteiger partial charge in [-0.25, -0.2) is 9.97 Å². The van der Waals surface area contributed by atoms with Gasteiger partial charge in [0.1, 0.15) is 0 Å². The molecule has 1 aliphatic heterocycles. The molecule has 8 nitrogen and oxygen atoms in total. The Hall–Kier alpha value is -3.65. The first kappa shape index (κ1) is 17.4. The molecule has 8 heteroatoms. The Morgan fingerprint density at radius 3 is 2.69 bits per heavy atom. The van der Waals surface area contributed by atoms with Crippen LogP contribution in [-0.4, -0.2) is 50.5 Å². The van der Waals surface area contributed by atoms with E-state index >= 15 is 0 Å². The van der Waals surface area contributed by atoms with Crippen molar-refractivity contribution in [3.8, 4) is 11.6 Å². The van der Waals surface area contributed by atoms with Crippen LogP contribution in [0.2, 0.25) is 0 Å². The number of aromatic nitrogens is 4. The van der Waals surface area contributed by atoms with Crippen LogP contribution < -0.4 is 5.32 Å². The molecule has 0 saturated carbocycles. The van der Waals surface area contributed by atoms with Crippen LogP contribution in [0.3, 0.4) is 0 Å². The average molecular weight is 386 g/mol. The third-order valence-corrected chi connectivity index (χ3v) is 4.94. The molecule has 2 aromatic carbocycles. The maximum atomic E-state index is 12.5. The van der Waals surface area contributed by atoms with Gasteiger partial charge in [0.05, 0.1) is 12.5 Å². The summed E-state index contributed by atoms with van der Waals surface area (Å²) in [6, 6.07) is 15.6. The number of nitrogens with one attached hydrogen (secondary N) is 1. The van der Waals surface area contributed by atoms with Gasteiger partial charge in [-0.15, -0.1) is 0 Å². The number of carbonyl (C=O) groups excluding carboxylic acids is 1. The second-order valence-corrected chi connectivity index (χ2v) is 6.99. The predicted octanol–water partition coefficient (Wildman–Crippen LogP) is 2.72. The van der Waals surface area contributed by atoms with Crippen molar-refractivity contribution in [2.75, 3.05) is 25.0 Å². The van der Waals surface area contributed by atoms with E-state index in [1.54, 1.807) is 18.5 Å². The topological polar surface area (TPSA) is 97.0 Å². The van der Waals surface area contributed by atoms with Gasteiger partial charge in [-0.05, 0) is 17.5 Å². The maximum Gasteiger partial charge on any atom is 0.240 e. The van der Waals surface area contributed by atoms with Gasteiger partial charge in [-0.2, -0.15) is 4.98 Å². The SMILES string of the molecule is O=C(CN1CC(c2nc(-c3ncccn3)no2)C1)Nc1cccc2ccccc12. The van der Waals surface area contributed by atoms with Crippen LogP contribution >= 0.6 is 0 Å². The molecule has 1 aliphatic rings. The van der Waals surface area contributed by atoms with Gasteiger partial charge in [0.25, 0.3) is 0 Å².